The van der Waals surface area contributed by atoms with Gasteiger partial charge in [0.1, 0.15) is 5.75 Å². The monoisotopic (exact) mass is 292 g/mol. The molecule has 1 amide bonds. The Morgan fingerprint density at radius 3 is 2.95 bits per heavy atom. The Hall–Kier alpha value is -1.59. The molecule has 116 valence electrons. The van der Waals surface area contributed by atoms with Crippen molar-refractivity contribution in [3.8, 4) is 5.75 Å². The summed E-state index contributed by atoms with van der Waals surface area (Å²) in [6.07, 6.45) is 2.67. The van der Waals surface area contributed by atoms with Crippen molar-refractivity contribution in [1.29, 1.82) is 0 Å². The fraction of sp³-hybridized carbons (Fsp3) is 0.562. The van der Waals surface area contributed by atoms with Gasteiger partial charge in [0, 0.05) is 31.1 Å². The maximum Gasteiger partial charge on any atom is 0.224 e. The van der Waals surface area contributed by atoms with Crippen molar-refractivity contribution in [2.24, 2.45) is 0 Å². The molecule has 1 aliphatic rings. The van der Waals surface area contributed by atoms with Crippen LogP contribution in [0.2, 0.25) is 0 Å². The second-order valence-corrected chi connectivity index (χ2v) is 5.35. The van der Waals surface area contributed by atoms with Crippen LogP contribution in [0.5, 0.6) is 5.75 Å². The molecule has 1 saturated heterocycles. The van der Waals surface area contributed by atoms with Crippen LogP contribution >= 0.6 is 0 Å². The molecule has 0 radical (unpaired) electrons. The zero-order chi connectivity index (χ0) is 15.1. The summed E-state index contributed by atoms with van der Waals surface area (Å²) in [5.41, 5.74) is 0.959. The number of aliphatic hydroxyl groups is 1. The summed E-state index contributed by atoms with van der Waals surface area (Å²) in [4.78, 5) is 14.1. The number of carbonyl (C=O) groups excluding carboxylic acids is 1. The van der Waals surface area contributed by atoms with E-state index in [0.717, 1.165) is 30.7 Å². The number of carbonyl (C=O) groups is 1. The zero-order valence-corrected chi connectivity index (χ0v) is 12.5. The maximum atomic E-state index is 12.4. The Morgan fingerprint density at radius 2 is 2.29 bits per heavy atom. The van der Waals surface area contributed by atoms with E-state index in [1.165, 1.54) is 0 Å². The van der Waals surface area contributed by atoms with Crippen LogP contribution < -0.4 is 10.1 Å². The molecular formula is C16H24N2O3. The molecule has 1 heterocycles. The highest BCUT2D eigenvalue weighted by atomic mass is 16.5. The number of ether oxygens (including phenoxy) is 1. The van der Waals surface area contributed by atoms with Gasteiger partial charge in [0.25, 0.3) is 0 Å². The van der Waals surface area contributed by atoms with E-state index in [-0.39, 0.29) is 18.6 Å². The minimum Gasteiger partial charge on any atom is -0.496 e. The van der Waals surface area contributed by atoms with Crippen LogP contribution in [0.1, 0.15) is 24.8 Å². The SMILES string of the molecule is COc1ccccc1CN(CCO)C(=O)CC1CCCN1. The zero-order valence-electron chi connectivity index (χ0n) is 12.5. The average Bonchev–Trinajstić information content (AvgIpc) is 3.00. The highest BCUT2D eigenvalue weighted by Gasteiger charge is 2.22. The van der Waals surface area contributed by atoms with Crippen LogP contribution in [-0.2, 0) is 11.3 Å². The first-order valence-electron chi connectivity index (χ1n) is 7.48. The summed E-state index contributed by atoms with van der Waals surface area (Å²) in [6, 6.07) is 7.94. The van der Waals surface area contributed by atoms with Gasteiger partial charge >= 0.3 is 0 Å². The summed E-state index contributed by atoms with van der Waals surface area (Å²) >= 11 is 0. The van der Waals surface area contributed by atoms with Gasteiger partial charge in [0.05, 0.1) is 13.7 Å². The summed E-state index contributed by atoms with van der Waals surface area (Å²) < 4.78 is 5.32. The number of nitrogens with one attached hydrogen (secondary N) is 1. The van der Waals surface area contributed by atoms with E-state index in [4.69, 9.17) is 4.74 Å². The Morgan fingerprint density at radius 1 is 1.48 bits per heavy atom. The first-order chi connectivity index (χ1) is 10.2. The third-order valence-electron chi connectivity index (χ3n) is 3.86. The summed E-state index contributed by atoms with van der Waals surface area (Å²) in [6.45, 7) is 1.78. The van der Waals surface area contributed by atoms with E-state index in [0.29, 0.717) is 19.5 Å². The lowest BCUT2D eigenvalue weighted by Gasteiger charge is -2.24. The van der Waals surface area contributed by atoms with Crippen LogP contribution in [0.15, 0.2) is 24.3 Å². The van der Waals surface area contributed by atoms with Crippen LogP contribution in [0, 0.1) is 0 Å². The molecule has 5 heteroatoms. The number of benzene rings is 1. The lowest BCUT2D eigenvalue weighted by atomic mass is 10.1. The predicted octanol–water partition coefficient (Wildman–Crippen LogP) is 1.16. The van der Waals surface area contributed by atoms with Gasteiger partial charge in [-0.3, -0.25) is 4.79 Å². The fourth-order valence-corrected chi connectivity index (χ4v) is 2.72. The Balaban J connectivity index is 2.01. The maximum absolute atomic E-state index is 12.4. The van der Waals surface area contributed by atoms with Crippen molar-refractivity contribution < 1.29 is 14.6 Å². The quantitative estimate of drug-likeness (QED) is 0.791. The minimum atomic E-state index is -0.0288. The highest BCUT2D eigenvalue weighted by Crippen LogP contribution is 2.20. The molecule has 0 bridgehead atoms. The molecule has 0 aromatic heterocycles. The summed E-state index contributed by atoms with van der Waals surface area (Å²) in [5, 5.41) is 12.5. The smallest absolute Gasteiger partial charge is 0.224 e. The molecule has 0 saturated carbocycles. The molecule has 5 nitrogen and oxygen atoms in total. The van der Waals surface area contributed by atoms with Crippen molar-refractivity contribution in [3.63, 3.8) is 0 Å². The van der Waals surface area contributed by atoms with Gasteiger partial charge in [0.15, 0.2) is 0 Å². The molecule has 1 aromatic carbocycles. The van der Waals surface area contributed by atoms with Gasteiger partial charge in [-0.25, -0.2) is 0 Å². The Labute approximate surface area is 125 Å². The van der Waals surface area contributed by atoms with E-state index in [2.05, 4.69) is 5.32 Å². The summed E-state index contributed by atoms with van der Waals surface area (Å²) in [5.74, 6) is 0.849. The van der Waals surface area contributed by atoms with Gasteiger partial charge in [-0.1, -0.05) is 18.2 Å². The number of aliphatic hydroxyl groups excluding tert-OH is 1. The summed E-state index contributed by atoms with van der Waals surface area (Å²) in [7, 11) is 1.62. The second-order valence-electron chi connectivity index (χ2n) is 5.35. The Kier molecular flexibility index (Phi) is 6.02. The molecule has 21 heavy (non-hydrogen) atoms. The third-order valence-corrected chi connectivity index (χ3v) is 3.86. The van der Waals surface area contributed by atoms with Crippen molar-refractivity contribution in [1.82, 2.24) is 10.2 Å². The van der Waals surface area contributed by atoms with Crippen molar-refractivity contribution in [3.05, 3.63) is 29.8 Å². The standard InChI is InChI=1S/C16H24N2O3/c1-21-15-7-3-2-5-13(15)12-18(9-10-19)16(20)11-14-6-4-8-17-14/h2-3,5,7,14,17,19H,4,6,8-12H2,1H3. The van der Waals surface area contributed by atoms with E-state index < -0.39 is 0 Å². The van der Waals surface area contributed by atoms with Gasteiger partial charge in [-0.2, -0.15) is 0 Å². The molecule has 0 spiro atoms. The number of hydrogen-bond donors (Lipinski definition) is 2. The van der Waals surface area contributed by atoms with E-state index in [1.54, 1.807) is 12.0 Å². The topological polar surface area (TPSA) is 61.8 Å². The van der Waals surface area contributed by atoms with E-state index in [9.17, 15) is 9.90 Å². The van der Waals surface area contributed by atoms with Crippen molar-refractivity contribution in [2.75, 3.05) is 26.8 Å². The molecular weight excluding hydrogens is 268 g/mol. The van der Waals surface area contributed by atoms with Gasteiger partial charge in [-0.15, -0.1) is 0 Å². The van der Waals surface area contributed by atoms with Gasteiger partial charge in [0.2, 0.25) is 5.91 Å². The van der Waals surface area contributed by atoms with Crippen molar-refractivity contribution >= 4 is 5.91 Å². The lowest BCUT2D eigenvalue weighted by molar-refractivity contribution is -0.132. The third kappa shape index (κ3) is 4.44. The molecule has 0 aliphatic carbocycles. The van der Waals surface area contributed by atoms with Crippen LogP contribution in [0.3, 0.4) is 0 Å². The molecule has 2 N–H and O–H groups in total. The molecule has 1 aliphatic heterocycles. The van der Waals surface area contributed by atoms with Crippen LogP contribution in [0.4, 0.5) is 0 Å². The number of rotatable bonds is 7. The van der Waals surface area contributed by atoms with Crippen LogP contribution in [-0.4, -0.2) is 48.8 Å². The minimum absolute atomic E-state index is 0.0288. The second kappa shape index (κ2) is 8.00. The molecule has 1 fully saturated rings. The van der Waals surface area contributed by atoms with Crippen LogP contribution in [0.25, 0.3) is 0 Å². The number of amides is 1. The molecule has 1 unspecified atom stereocenters. The average molecular weight is 292 g/mol. The molecule has 2 rings (SSSR count). The highest BCUT2D eigenvalue weighted by molar-refractivity contribution is 5.77. The fourth-order valence-electron chi connectivity index (χ4n) is 2.72. The number of methoxy groups -OCH3 is 1. The number of para-hydroxylation sites is 1. The first kappa shape index (κ1) is 15.8. The predicted molar refractivity (Wildman–Crippen MR) is 81.1 cm³/mol. The molecule has 1 atom stereocenters. The molecule has 1 aromatic rings. The number of nitrogens with zero attached hydrogens (tertiary/aromatic N) is 1. The van der Waals surface area contributed by atoms with Gasteiger partial charge < -0.3 is 20.1 Å². The number of hydrogen-bond acceptors (Lipinski definition) is 4. The van der Waals surface area contributed by atoms with Gasteiger partial charge in [-0.05, 0) is 25.5 Å². The van der Waals surface area contributed by atoms with Crippen molar-refractivity contribution in [2.45, 2.75) is 31.8 Å². The normalized spacial score (nSPS) is 17.7. The Bertz CT molecular complexity index is 459. The largest absolute Gasteiger partial charge is 0.496 e. The van der Waals surface area contributed by atoms with E-state index >= 15 is 0 Å². The first-order valence-corrected chi connectivity index (χ1v) is 7.48. The van der Waals surface area contributed by atoms with E-state index in [1.807, 2.05) is 24.3 Å². The lowest BCUT2D eigenvalue weighted by Crippen LogP contribution is -2.37.